The van der Waals surface area contributed by atoms with Crippen LogP contribution in [0, 0.1) is 17.7 Å². The molecule has 5 rings (SSSR count). The van der Waals surface area contributed by atoms with Gasteiger partial charge in [0.2, 0.25) is 5.82 Å². The van der Waals surface area contributed by atoms with Crippen molar-refractivity contribution in [3.05, 3.63) is 72.7 Å². The lowest BCUT2D eigenvalue weighted by atomic mass is 10.1. The van der Waals surface area contributed by atoms with Crippen LogP contribution in [0.3, 0.4) is 0 Å². The van der Waals surface area contributed by atoms with Crippen molar-refractivity contribution >= 4 is 11.4 Å². The number of benzene rings is 2. The molecule has 0 N–H and O–H groups in total. The van der Waals surface area contributed by atoms with E-state index in [1.807, 2.05) is 22.7 Å². The molecule has 8 heteroatoms. The van der Waals surface area contributed by atoms with E-state index in [-0.39, 0.29) is 23.3 Å². The van der Waals surface area contributed by atoms with E-state index in [2.05, 4.69) is 16.8 Å². The second-order valence-corrected chi connectivity index (χ2v) is 8.16. The predicted octanol–water partition coefficient (Wildman–Crippen LogP) is 4.68. The number of halogens is 1. The lowest BCUT2D eigenvalue weighted by Crippen LogP contribution is -2.27. The van der Waals surface area contributed by atoms with E-state index >= 15 is 0 Å². The van der Waals surface area contributed by atoms with Crippen molar-refractivity contribution < 1.29 is 18.7 Å². The Morgan fingerprint density at radius 3 is 2.74 bits per heavy atom. The summed E-state index contributed by atoms with van der Waals surface area (Å²) in [7, 11) is 1.41. The fraction of sp³-hybridized carbons (Fsp3) is 0.222. The largest absolute Gasteiger partial charge is 0.494 e. The molecule has 176 valence electrons. The molecule has 1 saturated heterocycles. The molecular formula is C27H23FN4O3. The number of carbonyl (C=O) groups is 1. The number of hydrogen-bond acceptors (Lipinski definition) is 5. The number of hydrogen-bond donors (Lipinski definition) is 0. The Morgan fingerprint density at radius 1 is 1.17 bits per heavy atom. The summed E-state index contributed by atoms with van der Waals surface area (Å²) in [5.41, 5.74) is 2.53. The summed E-state index contributed by atoms with van der Waals surface area (Å²) in [6.07, 6.45) is 6.21. The van der Waals surface area contributed by atoms with Crippen molar-refractivity contribution in [2.45, 2.75) is 19.3 Å². The quantitative estimate of drug-likeness (QED) is 0.397. The van der Waals surface area contributed by atoms with Gasteiger partial charge in [0, 0.05) is 37.0 Å². The number of carbonyl (C=O) groups excluding carboxylic acids is 1. The Balaban J connectivity index is 1.43. The highest BCUT2D eigenvalue weighted by Crippen LogP contribution is 2.34. The summed E-state index contributed by atoms with van der Waals surface area (Å²) in [5.74, 6) is 6.27. The zero-order valence-corrected chi connectivity index (χ0v) is 19.4. The highest BCUT2D eigenvalue weighted by Gasteiger charge is 2.30. The van der Waals surface area contributed by atoms with E-state index in [1.54, 1.807) is 48.5 Å². The van der Waals surface area contributed by atoms with Gasteiger partial charge in [0.05, 0.1) is 24.5 Å². The minimum absolute atomic E-state index is 0.0872. The van der Waals surface area contributed by atoms with Gasteiger partial charge in [0.1, 0.15) is 11.6 Å². The average molecular weight is 471 g/mol. The molecule has 35 heavy (non-hydrogen) atoms. The second-order valence-electron chi connectivity index (χ2n) is 8.16. The van der Waals surface area contributed by atoms with Crippen LogP contribution in [-0.4, -0.2) is 45.4 Å². The van der Waals surface area contributed by atoms with Gasteiger partial charge in [-0.3, -0.25) is 14.2 Å². The molecule has 1 fully saturated rings. The molecule has 0 bridgehead atoms. The average Bonchev–Trinajstić information content (AvgIpc) is 3.51. The van der Waals surface area contributed by atoms with Gasteiger partial charge in [-0.2, -0.15) is 4.39 Å². The Labute approximate surface area is 202 Å². The van der Waals surface area contributed by atoms with Crippen LogP contribution >= 0.6 is 0 Å². The van der Waals surface area contributed by atoms with Crippen LogP contribution in [0.2, 0.25) is 0 Å². The summed E-state index contributed by atoms with van der Waals surface area (Å²) in [4.78, 5) is 23.2. The molecule has 3 heterocycles. The molecule has 0 saturated carbocycles. The van der Waals surface area contributed by atoms with Crippen LogP contribution < -0.4 is 9.47 Å². The van der Waals surface area contributed by atoms with E-state index in [0.29, 0.717) is 18.8 Å². The fourth-order valence-electron chi connectivity index (χ4n) is 4.34. The van der Waals surface area contributed by atoms with Crippen LogP contribution in [0.15, 0.2) is 61.1 Å². The number of nitrogens with zero attached hydrogens (tertiary/aromatic N) is 4. The fourth-order valence-corrected chi connectivity index (χ4v) is 4.34. The number of rotatable bonds is 5. The summed E-state index contributed by atoms with van der Waals surface area (Å²) >= 11 is 0. The Kier molecular flexibility index (Phi) is 6.06. The van der Waals surface area contributed by atoms with E-state index < -0.39 is 5.82 Å². The van der Waals surface area contributed by atoms with Gasteiger partial charge in [-0.1, -0.05) is 12.0 Å². The highest BCUT2D eigenvalue weighted by atomic mass is 19.1. The van der Waals surface area contributed by atoms with Crippen molar-refractivity contribution in [3.63, 3.8) is 0 Å². The van der Waals surface area contributed by atoms with Crippen LogP contribution in [0.25, 0.3) is 16.8 Å². The lowest BCUT2D eigenvalue weighted by Gasteiger charge is -2.12. The molecule has 0 radical (unpaired) electrons. The predicted molar refractivity (Wildman–Crippen MR) is 129 cm³/mol. The zero-order chi connectivity index (χ0) is 24.4. The Bertz CT molecular complexity index is 1450. The summed E-state index contributed by atoms with van der Waals surface area (Å²) in [6, 6.07) is 12.1. The number of likely N-dealkylation sites (tertiary alicyclic amines) is 1. The van der Waals surface area contributed by atoms with Gasteiger partial charge in [-0.05, 0) is 55.7 Å². The SMILES string of the molecule is CC#CC(=O)N1CC[C@@H](c2nc(-c3ccc(Oc4cccc(OC)c4F)cc3)c3cnccn23)C1. The van der Waals surface area contributed by atoms with Crippen LogP contribution in [-0.2, 0) is 4.79 Å². The molecule has 2 aromatic carbocycles. The third kappa shape index (κ3) is 4.28. The smallest absolute Gasteiger partial charge is 0.298 e. The number of imidazole rings is 1. The standard InChI is InChI=1S/C27H23FN4O3/c1-3-5-24(33)31-14-12-19(17-31)27-30-26(21-16-29-13-15-32(21)27)18-8-10-20(11-9-18)35-23-7-4-6-22(34-2)25(23)28/h4,6-11,13,15-16,19H,12,14,17H2,1-2H3/t19-/m1/s1. The van der Waals surface area contributed by atoms with Crippen molar-refractivity contribution in [1.29, 1.82) is 0 Å². The molecule has 0 aliphatic carbocycles. The van der Waals surface area contributed by atoms with E-state index in [1.165, 1.54) is 13.2 Å². The first kappa shape index (κ1) is 22.4. The summed E-state index contributed by atoms with van der Waals surface area (Å²) < 4.78 is 27.2. The third-order valence-electron chi connectivity index (χ3n) is 6.05. The molecule has 1 amide bonds. The summed E-state index contributed by atoms with van der Waals surface area (Å²) in [6.45, 7) is 2.89. The molecule has 1 aliphatic rings. The molecule has 1 aliphatic heterocycles. The zero-order valence-electron chi connectivity index (χ0n) is 19.4. The number of methoxy groups -OCH3 is 1. The number of aromatic nitrogens is 3. The molecule has 1 atom stereocenters. The monoisotopic (exact) mass is 470 g/mol. The number of amides is 1. The minimum atomic E-state index is -0.552. The first-order chi connectivity index (χ1) is 17.1. The normalized spacial score (nSPS) is 15.1. The highest BCUT2D eigenvalue weighted by molar-refractivity contribution is 5.93. The molecule has 7 nitrogen and oxygen atoms in total. The Hall–Kier alpha value is -4.38. The lowest BCUT2D eigenvalue weighted by molar-refractivity contribution is -0.124. The van der Waals surface area contributed by atoms with Gasteiger partial charge < -0.3 is 14.4 Å². The van der Waals surface area contributed by atoms with Crippen molar-refractivity contribution in [2.24, 2.45) is 0 Å². The minimum Gasteiger partial charge on any atom is -0.494 e. The maximum Gasteiger partial charge on any atom is 0.298 e. The van der Waals surface area contributed by atoms with E-state index in [4.69, 9.17) is 14.5 Å². The van der Waals surface area contributed by atoms with Crippen molar-refractivity contribution in [1.82, 2.24) is 19.3 Å². The van der Waals surface area contributed by atoms with Crippen molar-refractivity contribution in [3.8, 4) is 40.3 Å². The summed E-state index contributed by atoms with van der Waals surface area (Å²) in [5, 5.41) is 0. The maximum absolute atomic E-state index is 14.4. The van der Waals surface area contributed by atoms with E-state index in [9.17, 15) is 9.18 Å². The second kappa shape index (κ2) is 9.47. The van der Waals surface area contributed by atoms with Gasteiger partial charge >= 0.3 is 0 Å². The topological polar surface area (TPSA) is 69.0 Å². The van der Waals surface area contributed by atoms with Gasteiger partial charge in [0.25, 0.3) is 5.91 Å². The number of fused-ring (bicyclic) bond motifs is 1. The first-order valence-corrected chi connectivity index (χ1v) is 11.2. The Morgan fingerprint density at radius 2 is 1.97 bits per heavy atom. The van der Waals surface area contributed by atoms with Gasteiger partial charge in [-0.15, -0.1) is 0 Å². The molecule has 0 unspecified atom stereocenters. The van der Waals surface area contributed by atoms with Gasteiger partial charge in [-0.25, -0.2) is 4.98 Å². The van der Waals surface area contributed by atoms with E-state index in [0.717, 1.165) is 29.0 Å². The molecule has 0 spiro atoms. The molecule has 4 aromatic rings. The van der Waals surface area contributed by atoms with Crippen molar-refractivity contribution in [2.75, 3.05) is 20.2 Å². The number of ether oxygens (including phenoxy) is 2. The van der Waals surface area contributed by atoms with Crippen LogP contribution in [0.5, 0.6) is 17.2 Å². The van der Waals surface area contributed by atoms with Crippen LogP contribution in [0.1, 0.15) is 25.1 Å². The molecular weight excluding hydrogens is 447 g/mol. The third-order valence-corrected chi connectivity index (χ3v) is 6.05. The maximum atomic E-state index is 14.4. The molecule has 2 aromatic heterocycles. The van der Waals surface area contributed by atoms with Crippen LogP contribution in [0.4, 0.5) is 4.39 Å². The first-order valence-electron chi connectivity index (χ1n) is 11.2. The van der Waals surface area contributed by atoms with Gasteiger partial charge in [0.15, 0.2) is 11.5 Å².